The van der Waals surface area contributed by atoms with Crippen LogP contribution >= 0.6 is 12.4 Å². The van der Waals surface area contributed by atoms with Crippen molar-refractivity contribution < 1.29 is 14.6 Å². The topological polar surface area (TPSA) is 74.7 Å². The van der Waals surface area contributed by atoms with Gasteiger partial charge in [-0.05, 0) is 48.5 Å². The molecule has 2 heterocycles. The maximum absolute atomic E-state index is 11.7. The number of carbonyl (C=O) groups is 1. The number of aromatic nitrogens is 1. The van der Waals surface area contributed by atoms with Crippen LogP contribution in [0.3, 0.4) is 0 Å². The molecule has 2 aromatic carbocycles. The Morgan fingerprint density at radius 3 is 2.24 bits per heavy atom. The Morgan fingerprint density at radius 2 is 1.59 bits per heavy atom. The Labute approximate surface area is 175 Å². The van der Waals surface area contributed by atoms with Crippen LogP contribution in [-0.2, 0) is 0 Å². The van der Waals surface area contributed by atoms with Crippen LogP contribution in [0.2, 0.25) is 0 Å². The fraction of sp³-hybridized carbons (Fsp3) is 0.182. The van der Waals surface area contributed by atoms with Crippen molar-refractivity contribution in [2.45, 2.75) is 0 Å². The number of benzene rings is 2. The van der Waals surface area contributed by atoms with E-state index in [-0.39, 0.29) is 18.0 Å². The van der Waals surface area contributed by atoms with Gasteiger partial charge in [0.1, 0.15) is 17.3 Å². The summed E-state index contributed by atoms with van der Waals surface area (Å²) < 4.78 is 5.81. The molecular weight excluding hydrogens is 390 g/mol. The molecule has 1 aliphatic rings. The molecule has 3 aromatic rings. The number of piperazine rings is 1. The van der Waals surface area contributed by atoms with Gasteiger partial charge in [0.15, 0.2) is 0 Å². The van der Waals surface area contributed by atoms with E-state index < -0.39 is 5.97 Å². The number of halogens is 1. The number of pyridine rings is 1. The Balaban J connectivity index is 0.00000240. The summed E-state index contributed by atoms with van der Waals surface area (Å²) in [5.74, 6) is 1.25. The number of hydrogen-bond acceptors (Lipinski definition) is 5. The fourth-order valence-corrected chi connectivity index (χ4v) is 3.22. The first-order chi connectivity index (χ1) is 13.7. The van der Waals surface area contributed by atoms with Gasteiger partial charge in [-0.15, -0.1) is 12.4 Å². The first kappa shape index (κ1) is 20.6. The van der Waals surface area contributed by atoms with Crippen molar-refractivity contribution in [2.75, 3.05) is 31.1 Å². The maximum atomic E-state index is 11.7. The van der Waals surface area contributed by atoms with Crippen LogP contribution in [0, 0.1) is 0 Å². The van der Waals surface area contributed by atoms with Crippen molar-refractivity contribution in [3.8, 4) is 22.8 Å². The van der Waals surface area contributed by atoms with Crippen molar-refractivity contribution >= 4 is 24.2 Å². The Bertz CT molecular complexity index is 959. The lowest BCUT2D eigenvalue weighted by molar-refractivity contribution is 0.0697. The van der Waals surface area contributed by atoms with E-state index in [4.69, 9.17) is 4.74 Å². The molecule has 0 aliphatic carbocycles. The first-order valence-corrected chi connectivity index (χ1v) is 9.24. The monoisotopic (exact) mass is 411 g/mol. The van der Waals surface area contributed by atoms with Gasteiger partial charge in [-0.2, -0.15) is 0 Å². The molecule has 150 valence electrons. The first-order valence-electron chi connectivity index (χ1n) is 9.24. The lowest BCUT2D eigenvalue weighted by Gasteiger charge is -2.28. The van der Waals surface area contributed by atoms with E-state index in [2.05, 4.69) is 15.2 Å². The number of carboxylic acids is 1. The zero-order valence-corrected chi connectivity index (χ0v) is 16.6. The van der Waals surface area contributed by atoms with Gasteiger partial charge < -0.3 is 20.1 Å². The number of nitrogens with one attached hydrogen (secondary N) is 1. The number of nitrogens with zero attached hydrogens (tertiary/aromatic N) is 2. The molecule has 0 amide bonds. The van der Waals surface area contributed by atoms with E-state index in [0.717, 1.165) is 43.3 Å². The zero-order chi connectivity index (χ0) is 19.3. The van der Waals surface area contributed by atoms with E-state index in [9.17, 15) is 9.90 Å². The summed E-state index contributed by atoms with van der Waals surface area (Å²) in [6.45, 7) is 3.48. The van der Waals surface area contributed by atoms with Crippen LogP contribution in [-0.4, -0.2) is 42.2 Å². The molecule has 0 radical (unpaired) electrons. The summed E-state index contributed by atoms with van der Waals surface area (Å²) in [5, 5.41) is 12.9. The third-order valence-electron chi connectivity index (χ3n) is 4.66. The average molecular weight is 412 g/mol. The minimum atomic E-state index is -0.987. The van der Waals surface area contributed by atoms with Crippen LogP contribution in [0.1, 0.15) is 10.4 Å². The molecule has 1 saturated heterocycles. The van der Waals surface area contributed by atoms with Gasteiger partial charge in [0.2, 0.25) is 0 Å². The molecule has 0 bridgehead atoms. The van der Waals surface area contributed by atoms with E-state index in [1.54, 1.807) is 12.1 Å². The van der Waals surface area contributed by atoms with Crippen LogP contribution < -0.4 is 15.0 Å². The number of rotatable bonds is 5. The van der Waals surface area contributed by atoms with Gasteiger partial charge in [0, 0.05) is 31.7 Å². The highest BCUT2D eigenvalue weighted by Gasteiger charge is 2.18. The van der Waals surface area contributed by atoms with Crippen LogP contribution in [0.4, 0.5) is 5.82 Å². The van der Waals surface area contributed by atoms with Crippen LogP contribution in [0.5, 0.6) is 11.5 Å². The molecular formula is C22H22ClN3O3. The largest absolute Gasteiger partial charge is 0.478 e. The zero-order valence-electron chi connectivity index (χ0n) is 15.7. The van der Waals surface area contributed by atoms with Crippen molar-refractivity contribution in [3.63, 3.8) is 0 Å². The number of ether oxygens (including phenoxy) is 1. The highest BCUT2D eigenvalue weighted by atomic mass is 35.5. The molecule has 2 N–H and O–H groups in total. The van der Waals surface area contributed by atoms with Crippen molar-refractivity contribution in [3.05, 3.63) is 72.3 Å². The third kappa shape index (κ3) is 4.85. The second-order valence-electron chi connectivity index (χ2n) is 6.55. The molecule has 1 fully saturated rings. The fourth-order valence-electron chi connectivity index (χ4n) is 3.22. The Kier molecular flexibility index (Phi) is 6.69. The lowest BCUT2D eigenvalue weighted by atomic mass is 10.1. The second kappa shape index (κ2) is 9.41. The highest BCUT2D eigenvalue weighted by Crippen LogP contribution is 2.28. The number of carboxylic acid groups (broad SMARTS) is 1. The smallest absolute Gasteiger partial charge is 0.337 e. The standard InChI is InChI=1S/C22H21N3O3.ClH/c26-22(27)19-10-11-20(25-14-12-23-13-15-25)24-21(19)16-6-8-18(9-7-16)28-17-4-2-1-3-5-17;/h1-11,23H,12-15H2,(H,26,27);1H. The molecule has 0 unspecified atom stereocenters. The molecule has 4 rings (SSSR count). The van der Waals surface area contributed by atoms with Gasteiger partial charge in [0.25, 0.3) is 0 Å². The Morgan fingerprint density at radius 1 is 0.931 bits per heavy atom. The summed E-state index contributed by atoms with van der Waals surface area (Å²) in [6, 6.07) is 20.3. The number of anilines is 1. The summed E-state index contributed by atoms with van der Waals surface area (Å²) in [5.41, 5.74) is 1.40. The highest BCUT2D eigenvalue weighted by molar-refractivity contribution is 5.95. The Hall–Kier alpha value is -3.09. The van der Waals surface area contributed by atoms with Gasteiger partial charge in [-0.25, -0.2) is 9.78 Å². The normalized spacial score (nSPS) is 13.4. The van der Waals surface area contributed by atoms with E-state index >= 15 is 0 Å². The summed E-state index contributed by atoms with van der Waals surface area (Å²) >= 11 is 0. The third-order valence-corrected chi connectivity index (χ3v) is 4.66. The van der Waals surface area contributed by atoms with Crippen molar-refractivity contribution in [1.82, 2.24) is 10.3 Å². The van der Waals surface area contributed by atoms with Gasteiger partial charge in [0.05, 0.1) is 11.3 Å². The molecule has 0 saturated carbocycles. The van der Waals surface area contributed by atoms with E-state index in [0.29, 0.717) is 11.4 Å². The molecule has 0 atom stereocenters. The molecule has 1 aromatic heterocycles. The number of hydrogen-bond donors (Lipinski definition) is 2. The van der Waals surface area contributed by atoms with Gasteiger partial charge >= 0.3 is 5.97 Å². The number of aromatic carboxylic acids is 1. The van der Waals surface area contributed by atoms with E-state index in [1.165, 1.54) is 0 Å². The van der Waals surface area contributed by atoms with E-state index in [1.807, 2.05) is 54.6 Å². The molecule has 7 heteroatoms. The molecule has 1 aliphatic heterocycles. The molecule has 0 spiro atoms. The molecule has 6 nitrogen and oxygen atoms in total. The molecule has 29 heavy (non-hydrogen) atoms. The van der Waals surface area contributed by atoms with Gasteiger partial charge in [-0.1, -0.05) is 18.2 Å². The minimum absolute atomic E-state index is 0. The SMILES string of the molecule is Cl.O=C(O)c1ccc(N2CCNCC2)nc1-c1ccc(Oc2ccccc2)cc1. The summed E-state index contributed by atoms with van der Waals surface area (Å²) in [6.07, 6.45) is 0. The predicted octanol–water partition coefficient (Wildman–Crippen LogP) is 4.07. The van der Waals surface area contributed by atoms with Crippen LogP contribution in [0.15, 0.2) is 66.7 Å². The minimum Gasteiger partial charge on any atom is -0.478 e. The van der Waals surface area contributed by atoms with Crippen molar-refractivity contribution in [2.24, 2.45) is 0 Å². The number of para-hydroxylation sites is 1. The predicted molar refractivity (Wildman–Crippen MR) is 115 cm³/mol. The van der Waals surface area contributed by atoms with Crippen molar-refractivity contribution in [1.29, 1.82) is 0 Å². The second-order valence-corrected chi connectivity index (χ2v) is 6.55. The maximum Gasteiger partial charge on any atom is 0.337 e. The van der Waals surface area contributed by atoms with Gasteiger partial charge in [-0.3, -0.25) is 0 Å². The quantitative estimate of drug-likeness (QED) is 0.659. The summed E-state index contributed by atoms with van der Waals surface area (Å²) in [7, 11) is 0. The average Bonchev–Trinajstić information content (AvgIpc) is 2.75. The van der Waals surface area contributed by atoms with Crippen LogP contribution in [0.25, 0.3) is 11.3 Å². The summed E-state index contributed by atoms with van der Waals surface area (Å²) in [4.78, 5) is 18.5. The lowest BCUT2D eigenvalue weighted by Crippen LogP contribution is -2.43.